The molecule has 0 spiro atoms. The molecule has 0 fully saturated rings. The number of rotatable bonds is 12. The minimum atomic E-state index is -0.896. The van der Waals surface area contributed by atoms with Crippen molar-refractivity contribution in [1.29, 1.82) is 0 Å². The van der Waals surface area contributed by atoms with Gasteiger partial charge in [-0.1, -0.05) is 20.8 Å². The summed E-state index contributed by atoms with van der Waals surface area (Å²) in [7, 11) is 0. The number of nitrogens with zero attached hydrogens (tertiary/aromatic N) is 2. The van der Waals surface area contributed by atoms with Crippen LogP contribution in [0, 0.1) is 5.41 Å². The molecule has 264 valence electrons. The molecule has 0 aliphatic rings. The number of carbonyl (C=O) groups excluding carboxylic acids is 6. The highest BCUT2D eigenvalue weighted by Crippen LogP contribution is 2.21. The van der Waals surface area contributed by atoms with Gasteiger partial charge in [-0.05, 0) is 92.3 Å². The first-order valence-electron chi connectivity index (χ1n) is 15.4. The molecule has 0 radical (unpaired) electrons. The molecule has 0 heterocycles. The standard InChI is InChI=1S/C34H52N2O11/c1-31(2,3)13-14-44-25(38)18-35(19-26(39)45-32(4,5)6)29(42)22-15-23(17-24(37)16-22)30(43)36(20-27(40)46-33(7,8)9)21-28(41)47-34(10,11)12/h15-17,37H,13-14,18-21H2,1-12H3. The number of phenols is 1. The van der Waals surface area contributed by atoms with Crippen molar-refractivity contribution in [2.75, 3.05) is 32.8 Å². The van der Waals surface area contributed by atoms with Crippen LogP contribution in [0.1, 0.15) is 110 Å². The van der Waals surface area contributed by atoms with Crippen LogP contribution < -0.4 is 0 Å². The zero-order chi connectivity index (χ0) is 36.5. The lowest BCUT2D eigenvalue weighted by molar-refractivity contribution is -0.159. The Morgan fingerprint density at radius 2 is 0.872 bits per heavy atom. The number of ether oxygens (including phenoxy) is 4. The van der Waals surface area contributed by atoms with E-state index in [1.807, 2.05) is 20.8 Å². The molecule has 0 aromatic heterocycles. The number of hydrogen-bond acceptors (Lipinski definition) is 11. The maximum Gasteiger partial charge on any atom is 0.326 e. The molecule has 2 amide bonds. The molecule has 13 nitrogen and oxygen atoms in total. The fraction of sp³-hybridized carbons (Fsp3) is 0.647. The second kappa shape index (κ2) is 16.1. The molecule has 0 saturated heterocycles. The SMILES string of the molecule is CC(C)(C)CCOC(=O)CN(CC(=O)OC(C)(C)C)C(=O)c1cc(O)cc(C(=O)N(CC(=O)OC(C)(C)C)CC(=O)OC(C)(C)C)c1. The molecular formula is C34H52N2O11. The summed E-state index contributed by atoms with van der Waals surface area (Å²) in [6.07, 6.45) is 0.555. The Morgan fingerprint density at radius 1 is 0.553 bits per heavy atom. The third-order valence-electron chi connectivity index (χ3n) is 5.64. The average molecular weight is 665 g/mol. The van der Waals surface area contributed by atoms with Crippen molar-refractivity contribution in [2.45, 2.75) is 106 Å². The lowest BCUT2D eigenvalue weighted by Gasteiger charge is -2.27. The first kappa shape index (κ1) is 40.9. The van der Waals surface area contributed by atoms with Crippen LogP contribution in [-0.4, -0.2) is 100 Å². The molecular weight excluding hydrogens is 612 g/mol. The van der Waals surface area contributed by atoms with Crippen molar-refractivity contribution in [3.05, 3.63) is 29.3 Å². The summed E-state index contributed by atoms with van der Waals surface area (Å²) in [5.41, 5.74) is -3.27. The van der Waals surface area contributed by atoms with Crippen molar-refractivity contribution in [3.8, 4) is 5.75 Å². The predicted molar refractivity (Wildman–Crippen MR) is 172 cm³/mol. The largest absolute Gasteiger partial charge is 0.508 e. The summed E-state index contributed by atoms with van der Waals surface area (Å²) in [5.74, 6) is -5.47. The Labute approximate surface area is 277 Å². The quantitative estimate of drug-likeness (QED) is 0.250. The van der Waals surface area contributed by atoms with Gasteiger partial charge < -0.3 is 33.9 Å². The van der Waals surface area contributed by atoms with Crippen LogP contribution in [0.3, 0.4) is 0 Å². The second-order valence-corrected chi connectivity index (χ2v) is 15.4. The molecule has 47 heavy (non-hydrogen) atoms. The number of esters is 4. The Balaban J connectivity index is 3.45. The fourth-order valence-corrected chi connectivity index (χ4v) is 3.88. The van der Waals surface area contributed by atoms with Crippen LogP contribution in [0.5, 0.6) is 5.75 Å². The van der Waals surface area contributed by atoms with Gasteiger partial charge >= 0.3 is 23.9 Å². The number of amides is 2. The summed E-state index contributed by atoms with van der Waals surface area (Å²) in [6, 6.07) is 3.22. The van der Waals surface area contributed by atoms with Gasteiger partial charge in [0.1, 0.15) is 48.7 Å². The first-order chi connectivity index (χ1) is 21.1. The number of carbonyl (C=O) groups is 6. The first-order valence-corrected chi connectivity index (χ1v) is 15.4. The topological polar surface area (TPSA) is 166 Å². The van der Waals surface area contributed by atoms with E-state index in [0.717, 1.165) is 28.0 Å². The Kier molecular flexibility index (Phi) is 14.0. The van der Waals surface area contributed by atoms with Gasteiger partial charge in [0.25, 0.3) is 11.8 Å². The molecule has 0 atom stereocenters. The van der Waals surface area contributed by atoms with E-state index >= 15 is 0 Å². The molecule has 1 aromatic carbocycles. The molecule has 0 saturated carbocycles. The summed E-state index contributed by atoms with van der Waals surface area (Å²) in [4.78, 5) is 79.9. The Morgan fingerprint density at radius 3 is 1.17 bits per heavy atom. The smallest absolute Gasteiger partial charge is 0.326 e. The molecule has 1 rings (SSSR count). The van der Waals surface area contributed by atoms with E-state index < -0.39 is 84.4 Å². The van der Waals surface area contributed by atoms with Crippen LogP contribution in [0.25, 0.3) is 0 Å². The summed E-state index contributed by atoms with van der Waals surface area (Å²) in [5, 5.41) is 10.5. The van der Waals surface area contributed by atoms with Gasteiger partial charge in [-0.25, -0.2) is 0 Å². The number of aromatic hydroxyl groups is 1. The lowest BCUT2D eigenvalue weighted by Crippen LogP contribution is -2.43. The van der Waals surface area contributed by atoms with Crippen LogP contribution in [-0.2, 0) is 38.1 Å². The van der Waals surface area contributed by atoms with E-state index in [1.165, 1.54) is 0 Å². The Hall–Kier alpha value is -4.16. The normalized spacial score (nSPS) is 12.1. The van der Waals surface area contributed by atoms with Crippen LogP contribution in [0.2, 0.25) is 0 Å². The minimum Gasteiger partial charge on any atom is -0.508 e. The van der Waals surface area contributed by atoms with Crippen molar-refractivity contribution < 1.29 is 52.8 Å². The summed E-state index contributed by atoms with van der Waals surface area (Å²) >= 11 is 0. The van der Waals surface area contributed by atoms with Gasteiger partial charge in [0.2, 0.25) is 0 Å². The summed E-state index contributed by atoms with van der Waals surface area (Å²) < 4.78 is 21.3. The van der Waals surface area contributed by atoms with Gasteiger partial charge in [-0.3, -0.25) is 28.8 Å². The lowest BCUT2D eigenvalue weighted by atomic mass is 9.93. The van der Waals surface area contributed by atoms with Gasteiger partial charge in [-0.15, -0.1) is 0 Å². The number of phenolic OH excluding ortho intramolecular Hbond substituents is 1. The molecule has 13 heteroatoms. The highest BCUT2D eigenvalue weighted by Gasteiger charge is 2.30. The third kappa shape index (κ3) is 17.4. The molecule has 0 aliphatic carbocycles. The zero-order valence-corrected chi connectivity index (χ0v) is 29.9. The number of benzene rings is 1. The van der Waals surface area contributed by atoms with E-state index in [-0.39, 0.29) is 23.1 Å². The van der Waals surface area contributed by atoms with E-state index in [9.17, 15) is 33.9 Å². The van der Waals surface area contributed by atoms with E-state index in [4.69, 9.17) is 18.9 Å². The number of hydrogen-bond donors (Lipinski definition) is 1. The van der Waals surface area contributed by atoms with Crippen molar-refractivity contribution in [2.24, 2.45) is 5.41 Å². The highest BCUT2D eigenvalue weighted by atomic mass is 16.6. The Bertz CT molecular complexity index is 1280. The van der Waals surface area contributed by atoms with Crippen molar-refractivity contribution in [1.82, 2.24) is 9.80 Å². The molecule has 0 aliphatic heterocycles. The van der Waals surface area contributed by atoms with Crippen molar-refractivity contribution >= 4 is 35.7 Å². The summed E-state index contributed by atoms with van der Waals surface area (Å²) in [6.45, 7) is 18.3. The molecule has 1 N–H and O–H groups in total. The monoisotopic (exact) mass is 664 g/mol. The van der Waals surface area contributed by atoms with Gasteiger partial charge in [-0.2, -0.15) is 0 Å². The highest BCUT2D eigenvalue weighted by molar-refractivity contribution is 6.03. The molecule has 0 bridgehead atoms. The van der Waals surface area contributed by atoms with Crippen LogP contribution in [0.4, 0.5) is 0 Å². The minimum absolute atomic E-state index is 0.0900. The maximum atomic E-state index is 13.7. The predicted octanol–water partition coefficient (Wildman–Crippen LogP) is 4.28. The van der Waals surface area contributed by atoms with Gasteiger partial charge in [0, 0.05) is 11.1 Å². The fourth-order valence-electron chi connectivity index (χ4n) is 3.88. The van der Waals surface area contributed by atoms with Crippen molar-refractivity contribution in [3.63, 3.8) is 0 Å². The van der Waals surface area contributed by atoms with Gasteiger partial charge in [0.05, 0.1) is 6.61 Å². The average Bonchev–Trinajstić information content (AvgIpc) is 2.82. The molecule has 1 aromatic rings. The van der Waals surface area contributed by atoms with Crippen LogP contribution >= 0.6 is 0 Å². The van der Waals surface area contributed by atoms with Gasteiger partial charge in [0.15, 0.2) is 0 Å². The van der Waals surface area contributed by atoms with E-state index in [1.54, 1.807) is 62.3 Å². The maximum absolute atomic E-state index is 13.7. The second-order valence-electron chi connectivity index (χ2n) is 15.4. The van der Waals surface area contributed by atoms with E-state index in [2.05, 4.69) is 0 Å². The van der Waals surface area contributed by atoms with Crippen LogP contribution in [0.15, 0.2) is 18.2 Å². The zero-order valence-electron chi connectivity index (χ0n) is 29.9. The third-order valence-corrected chi connectivity index (χ3v) is 5.64. The van der Waals surface area contributed by atoms with E-state index in [0.29, 0.717) is 6.42 Å². The molecule has 0 unspecified atom stereocenters.